The maximum atomic E-state index is 6.01. The van der Waals surface area contributed by atoms with Crippen LogP contribution in [0, 0.1) is 0 Å². The number of benzene rings is 1. The van der Waals surface area contributed by atoms with Crippen LogP contribution in [0.5, 0.6) is 5.75 Å². The summed E-state index contributed by atoms with van der Waals surface area (Å²) in [5, 5.41) is 7.22. The summed E-state index contributed by atoms with van der Waals surface area (Å²) in [6.07, 6.45) is 0. The van der Waals surface area contributed by atoms with Crippen molar-refractivity contribution in [1.29, 1.82) is 0 Å². The quantitative estimate of drug-likeness (QED) is 0.913. The maximum absolute atomic E-state index is 6.01. The SMILES string of the molecule is CNCc1nc(COc2cc(Cl)ccc2Cl)cs1. The second-order valence-corrected chi connectivity index (χ2v) is 5.41. The first-order valence-corrected chi connectivity index (χ1v) is 6.98. The number of ether oxygens (including phenoxy) is 1. The van der Waals surface area contributed by atoms with Crippen LogP contribution in [-0.4, -0.2) is 12.0 Å². The van der Waals surface area contributed by atoms with Gasteiger partial charge in [0.25, 0.3) is 0 Å². The lowest BCUT2D eigenvalue weighted by atomic mass is 10.3. The van der Waals surface area contributed by atoms with Crippen LogP contribution in [0.1, 0.15) is 10.7 Å². The van der Waals surface area contributed by atoms with Crippen LogP contribution < -0.4 is 10.1 Å². The smallest absolute Gasteiger partial charge is 0.139 e. The zero-order valence-electron chi connectivity index (χ0n) is 9.74. The second-order valence-electron chi connectivity index (χ2n) is 3.63. The molecule has 0 fully saturated rings. The Hall–Kier alpha value is -0.810. The zero-order valence-corrected chi connectivity index (χ0v) is 12.1. The molecule has 0 aliphatic rings. The summed E-state index contributed by atoms with van der Waals surface area (Å²) < 4.78 is 5.60. The highest BCUT2D eigenvalue weighted by Gasteiger charge is 2.05. The topological polar surface area (TPSA) is 34.2 Å². The highest BCUT2D eigenvalue weighted by molar-refractivity contribution is 7.09. The van der Waals surface area contributed by atoms with Crippen LogP contribution in [0.25, 0.3) is 0 Å². The first kappa shape index (κ1) is 13.6. The number of hydrogen-bond donors (Lipinski definition) is 1. The summed E-state index contributed by atoms with van der Waals surface area (Å²) in [5.74, 6) is 0.576. The summed E-state index contributed by atoms with van der Waals surface area (Å²) in [6, 6.07) is 5.14. The third-order valence-electron chi connectivity index (χ3n) is 2.20. The van der Waals surface area contributed by atoms with Crippen molar-refractivity contribution in [3.63, 3.8) is 0 Å². The van der Waals surface area contributed by atoms with E-state index in [1.54, 1.807) is 29.5 Å². The van der Waals surface area contributed by atoms with E-state index < -0.39 is 0 Å². The van der Waals surface area contributed by atoms with E-state index in [4.69, 9.17) is 27.9 Å². The van der Waals surface area contributed by atoms with Gasteiger partial charge in [0, 0.05) is 23.0 Å². The highest BCUT2D eigenvalue weighted by Crippen LogP contribution is 2.28. The van der Waals surface area contributed by atoms with E-state index in [1.807, 2.05) is 12.4 Å². The van der Waals surface area contributed by atoms with E-state index in [9.17, 15) is 0 Å². The Kier molecular flexibility index (Phi) is 4.83. The molecule has 0 unspecified atom stereocenters. The van der Waals surface area contributed by atoms with E-state index in [0.717, 1.165) is 17.2 Å². The Labute approximate surface area is 120 Å². The van der Waals surface area contributed by atoms with Gasteiger partial charge in [-0.05, 0) is 19.2 Å². The fraction of sp³-hybridized carbons (Fsp3) is 0.250. The van der Waals surface area contributed by atoms with Crippen molar-refractivity contribution >= 4 is 34.5 Å². The van der Waals surface area contributed by atoms with Gasteiger partial charge in [0.2, 0.25) is 0 Å². The molecular weight excluding hydrogens is 291 g/mol. The molecule has 1 aromatic heterocycles. The van der Waals surface area contributed by atoms with Gasteiger partial charge in [0.1, 0.15) is 17.4 Å². The van der Waals surface area contributed by atoms with Gasteiger partial charge in [0.05, 0.1) is 10.7 Å². The van der Waals surface area contributed by atoms with Gasteiger partial charge in [-0.2, -0.15) is 0 Å². The second kappa shape index (κ2) is 6.38. The molecule has 0 radical (unpaired) electrons. The Morgan fingerprint density at radius 2 is 2.22 bits per heavy atom. The van der Waals surface area contributed by atoms with Crippen molar-refractivity contribution in [3.8, 4) is 5.75 Å². The predicted octanol–water partition coefficient (Wildman–Crippen LogP) is 3.75. The number of nitrogens with one attached hydrogen (secondary N) is 1. The highest BCUT2D eigenvalue weighted by atomic mass is 35.5. The van der Waals surface area contributed by atoms with E-state index in [1.165, 1.54) is 0 Å². The standard InChI is InChI=1S/C12H12Cl2N2OS/c1-15-5-12-16-9(7-18-12)6-17-11-4-8(13)2-3-10(11)14/h2-4,7,15H,5-6H2,1H3. The lowest BCUT2D eigenvalue weighted by molar-refractivity contribution is 0.302. The average molecular weight is 303 g/mol. The molecule has 0 saturated heterocycles. The summed E-state index contributed by atoms with van der Waals surface area (Å²) in [5.41, 5.74) is 0.890. The molecule has 1 heterocycles. The Morgan fingerprint density at radius 1 is 1.39 bits per heavy atom. The third kappa shape index (κ3) is 3.59. The van der Waals surface area contributed by atoms with Crippen molar-refractivity contribution in [3.05, 3.63) is 44.3 Å². The molecule has 18 heavy (non-hydrogen) atoms. The maximum Gasteiger partial charge on any atom is 0.139 e. The van der Waals surface area contributed by atoms with Crippen LogP contribution in [0.15, 0.2) is 23.6 Å². The van der Waals surface area contributed by atoms with Crippen molar-refractivity contribution < 1.29 is 4.74 Å². The molecule has 0 amide bonds. The first-order chi connectivity index (χ1) is 8.69. The van der Waals surface area contributed by atoms with Gasteiger partial charge in [-0.25, -0.2) is 4.98 Å². The monoisotopic (exact) mass is 302 g/mol. The number of rotatable bonds is 5. The summed E-state index contributed by atoms with van der Waals surface area (Å²) in [4.78, 5) is 4.42. The van der Waals surface area contributed by atoms with Crippen LogP contribution in [0.2, 0.25) is 10.0 Å². The van der Waals surface area contributed by atoms with Crippen molar-refractivity contribution in [2.45, 2.75) is 13.2 Å². The normalized spacial score (nSPS) is 10.6. The number of halogens is 2. The van der Waals surface area contributed by atoms with Gasteiger partial charge in [-0.15, -0.1) is 11.3 Å². The molecule has 2 rings (SSSR count). The third-order valence-corrected chi connectivity index (χ3v) is 3.64. The molecule has 6 heteroatoms. The Bertz CT molecular complexity index is 531. The van der Waals surface area contributed by atoms with E-state index >= 15 is 0 Å². The van der Waals surface area contributed by atoms with Crippen LogP contribution in [0.3, 0.4) is 0 Å². The summed E-state index contributed by atoms with van der Waals surface area (Å²) >= 11 is 13.5. The van der Waals surface area contributed by atoms with Gasteiger partial charge in [-0.3, -0.25) is 0 Å². The largest absolute Gasteiger partial charge is 0.486 e. The van der Waals surface area contributed by atoms with E-state index in [2.05, 4.69) is 10.3 Å². The fourth-order valence-corrected chi connectivity index (χ4v) is 2.51. The predicted molar refractivity (Wildman–Crippen MR) is 75.7 cm³/mol. The van der Waals surface area contributed by atoms with Crippen LogP contribution >= 0.6 is 34.5 Å². The van der Waals surface area contributed by atoms with Crippen molar-refractivity contribution in [2.24, 2.45) is 0 Å². The van der Waals surface area contributed by atoms with E-state index in [0.29, 0.717) is 22.4 Å². The molecule has 0 aliphatic carbocycles. The lowest BCUT2D eigenvalue weighted by Crippen LogP contribution is -2.05. The van der Waals surface area contributed by atoms with Crippen molar-refractivity contribution in [1.82, 2.24) is 10.3 Å². The number of thiazole rings is 1. The molecule has 2 aromatic rings. The molecular formula is C12H12Cl2N2OS. The number of nitrogens with zero attached hydrogens (tertiary/aromatic N) is 1. The first-order valence-electron chi connectivity index (χ1n) is 5.35. The van der Waals surface area contributed by atoms with Gasteiger partial charge >= 0.3 is 0 Å². The lowest BCUT2D eigenvalue weighted by Gasteiger charge is -2.06. The summed E-state index contributed by atoms with van der Waals surface area (Å²) in [7, 11) is 1.89. The zero-order chi connectivity index (χ0) is 13.0. The molecule has 1 aromatic carbocycles. The molecule has 0 bridgehead atoms. The molecule has 0 spiro atoms. The number of hydrogen-bond acceptors (Lipinski definition) is 4. The van der Waals surface area contributed by atoms with Crippen molar-refractivity contribution in [2.75, 3.05) is 7.05 Å². The van der Waals surface area contributed by atoms with Crippen LogP contribution in [-0.2, 0) is 13.2 Å². The number of aromatic nitrogens is 1. The summed E-state index contributed by atoms with van der Waals surface area (Å²) in [6.45, 7) is 1.16. The molecule has 96 valence electrons. The van der Waals surface area contributed by atoms with Gasteiger partial charge < -0.3 is 10.1 Å². The molecule has 1 N–H and O–H groups in total. The van der Waals surface area contributed by atoms with E-state index in [-0.39, 0.29) is 0 Å². The fourth-order valence-electron chi connectivity index (χ4n) is 1.39. The minimum Gasteiger partial charge on any atom is -0.486 e. The molecule has 0 saturated carbocycles. The van der Waals surface area contributed by atoms with Gasteiger partial charge in [0.15, 0.2) is 0 Å². The molecule has 3 nitrogen and oxygen atoms in total. The van der Waals surface area contributed by atoms with Gasteiger partial charge in [-0.1, -0.05) is 23.2 Å². The minimum absolute atomic E-state index is 0.389. The molecule has 0 aliphatic heterocycles. The van der Waals surface area contributed by atoms with Crippen LogP contribution in [0.4, 0.5) is 0 Å². The molecule has 0 atom stereocenters. The average Bonchev–Trinajstić information content (AvgIpc) is 2.79. The Balaban J connectivity index is 1.99. The Morgan fingerprint density at radius 3 is 3.00 bits per heavy atom. The minimum atomic E-state index is 0.389.